The summed E-state index contributed by atoms with van der Waals surface area (Å²) in [5, 5.41) is 27.3. The number of rotatable bonds is 9. The highest BCUT2D eigenvalue weighted by atomic mass is 16.5. The first-order valence-corrected chi connectivity index (χ1v) is 8.04. The molecular formula is C16H27N3O5. The molecule has 4 N–H and O–H groups in total. The third-order valence-electron chi connectivity index (χ3n) is 3.58. The van der Waals surface area contributed by atoms with Gasteiger partial charge in [-0.25, -0.2) is 4.79 Å². The van der Waals surface area contributed by atoms with E-state index >= 15 is 0 Å². The second-order valence-corrected chi connectivity index (χ2v) is 7.00. The van der Waals surface area contributed by atoms with Crippen molar-refractivity contribution in [2.75, 3.05) is 0 Å². The van der Waals surface area contributed by atoms with Crippen molar-refractivity contribution >= 4 is 12.0 Å². The monoisotopic (exact) mass is 341 g/mol. The van der Waals surface area contributed by atoms with Gasteiger partial charge in [-0.2, -0.15) is 0 Å². The van der Waals surface area contributed by atoms with Crippen molar-refractivity contribution in [1.82, 2.24) is 15.8 Å². The van der Waals surface area contributed by atoms with Gasteiger partial charge in [0.15, 0.2) is 11.9 Å². The van der Waals surface area contributed by atoms with E-state index in [-0.39, 0.29) is 12.0 Å². The van der Waals surface area contributed by atoms with Gasteiger partial charge in [-0.05, 0) is 18.3 Å². The second-order valence-electron chi connectivity index (χ2n) is 7.00. The molecule has 1 aromatic rings. The lowest BCUT2D eigenvalue weighted by molar-refractivity contribution is -0.131. The molecule has 0 saturated heterocycles. The number of unbranched alkanes of at least 4 members (excludes halogenated alkanes) is 1. The zero-order chi connectivity index (χ0) is 18.2. The lowest BCUT2D eigenvalue weighted by Gasteiger charge is -2.23. The highest BCUT2D eigenvalue weighted by Gasteiger charge is 2.27. The van der Waals surface area contributed by atoms with E-state index in [0.717, 1.165) is 12.8 Å². The molecule has 0 aromatic carbocycles. The maximum Gasteiger partial charge on any atom is 0.404 e. The Morgan fingerprint density at radius 1 is 1.33 bits per heavy atom. The minimum absolute atomic E-state index is 0.0830. The lowest BCUT2D eigenvalue weighted by Crippen LogP contribution is -2.50. The third kappa shape index (κ3) is 7.96. The zero-order valence-electron chi connectivity index (χ0n) is 14.4. The van der Waals surface area contributed by atoms with Crippen molar-refractivity contribution in [2.24, 2.45) is 5.41 Å². The van der Waals surface area contributed by atoms with Gasteiger partial charge in [-0.1, -0.05) is 38.8 Å². The molecule has 0 aliphatic carbocycles. The SMILES string of the molecule is CC(C)(C)CCCC[C@H](NC(=O)O)[C@H](O)C(=O)NCc1ccno1. The number of hydrogen-bond acceptors (Lipinski definition) is 5. The maximum atomic E-state index is 12.0. The number of carbonyl (C=O) groups is 2. The highest BCUT2D eigenvalue weighted by molar-refractivity contribution is 5.82. The van der Waals surface area contributed by atoms with Gasteiger partial charge in [0.2, 0.25) is 0 Å². The van der Waals surface area contributed by atoms with E-state index in [0.29, 0.717) is 18.6 Å². The number of aromatic nitrogens is 1. The Balaban J connectivity index is 2.48. The van der Waals surface area contributed by atoms with E-state index in [1.807, 2.05) is 0 Å². The smallest absolute Gasteiger partial charge is 0.404 e. The molecule has 0 bridgehead atoms. The van der Waals surface area contributed by atoms with E-state index in [1.165, 1.54) is 6.20 Å². The van der Waals surface area contributed by atoms with Crippen LogP contribution in [0.1, 0.15) is 52.2 Å². The predicted molar refractivity (Wildman–Crippen MR) is 87.2 cm³/mol. The summed E-state index contributed by atoms with van der Waals surface area (Å²) in [6, 6.07) is 0.740. The quantitative estimate of drug-likeness (QED) is 0.508. The number of aliphatic hydroxyl groups is 1. The average Bonchev–Trinajstić information content (AvgIpc) is 2.99. The normalized spacial score (nSPS) is 14.0. The Kier molecular flexibility index (Phi) is 7.70. The fourth-order valence-corrected chi connectivity index (χ4v) is 2.28. The van der Waals surface area contributed by atoms with Crippen LogP contribution in [0.15, 0.2) is 16.8 Å². The molecule has 2 amide bonds. The molecule has 8 heteroatoms. The molecule has 0 spiro atoms. The van der Waals surface area contributed by atoms with Gasteiger partial charge < -0.3 is 25.4 Å². The molecule has 2 atom stereocenters. The van der Waals surface area contributed by atoms with Crippen LogP contribution in [0.3, 0.4) is 0 Å². The fraction of sp³-hybridized carbons (Fsp3) is 0.688. The number of carbonyl (C=O) groups excluding carboxylic acids is 1. The second kappa shape index (κ2) is 9.27. The van der Waals surface area contributed by atoms with Crippen LogP contribution < -0.4 is 10.6 Å². The van der Waals surface area contributed by atoms with Crippen LogP contribution in [-0.2, 0) is 11.3 Å². The number of hydrogen-bond donors (Lipinski definition) is 4. The summed E-state index contributed by atoms with van der Waals surface area (Å²) < 4.78 is 4.84. The van der Waals surface area contributed by atoms with Gasteiger partial charge in [-0.15, -0.1) is 0 Å². The minimum atomic E-state index is -1.46. The van der Waals surface area contributed by atoms with Crippen LogP contribution in [0.5, 0.6) is 0 Å². The van der Waals surface area contributed by atoms with Crippen molar-refractivity contribution in [3.05, 3.63) is 18.0 Å². The predicted octanol–water partition coefficient (Wildman–Crippen LogP) is 1.89. The summed E-state index contributed by atoms with van der Waals surface area (Å²) in [5.74, 6) is -0.204. The van der Waals surface area contributed by atoms with Crippen molar-refractivity contribution < 1.29 is 24.3 Å². The van der Waals surface area contributed by atoms with Crippen molar-refractivity contribution in [3.63, 3.8) is 0 Å². The number of nitrogens with zero attached hydrogens (tertiary/aromatic N) is 1. The van der Waals surface area contributed by atoms with E-state index in [1.54, 1.807) is 6.07 Å². The van der Waals surface area contributed by atoms with Gasteiger partial charge in [0.05, 0.1) is 18.8 Å². The van der Waals surface area contributed by atoms with Crippen LogP contribution in [-0.4, -0.2) is 39.5 Å². The first-order valence-electron chi connectivity index (χ1n) is 8.04. The van der Waals surface area contributed by atoms with Crippen LogP contribution in [0, 0.1) is 5.41 Å². The first-order chi connectivity index (χ1) is 11.2. The van der Waals surface area contributed by atoms with E-state index in [9.17, 15) is 14.7 Å². The summed E-state index contributed by atoms with van der Waals surface area (Å²) in [7, 11) is 0. The molecule has 0 radical (unpaired) electrons. The molecule has 0 aliphatic heterocycles. The number of nitrogens with one attached hydrogen (secondary N) is 2. The molecule has 8 nitrogen and oxygen atoms in total. The first kappa shape index (κ1) is 20.0. The van der Waals surface area contributed by atoms with Gasteiger partial charge in [0.25, 0.3) is 5.91 Å². The molecule has 24 heavy (non-hydrogen) atoms. The van der Waals surface area contributed by atoms with E-state index in [2.05, 4.69) is 36.6 Å². The molecule has 1 aromatic heterocycles. The maximum absolute atomic E-state index is 12.0. The van der Waals surface area contributed by atoms with Crippen LogP contribution in [0.25, 0.3) is 0 Å². The lowest BCUT2D eigenvalue weighted by atomic mass is 9.89. The van der Waals surface area contributed by atoms with Crippen LogP contribution >= 0.6 is 0 Å². The summed E-state index contributed by atoms with van der Waals surface area (Å²) in [5.41, 5.74) is 0.197. The molecule has 0 unspecified atom stereocenters. The standard InChI is InChI=1S/C16H27N3O5/c1-16(2,3)8-5-4-6-12(19-15(22)23)13(20)14(21)17-10-11-7-9-18-24-11/h7,9,12-13,19-20H,4-6,8,10H2,1-3H3,(H,17,21)(H,22,23)/t12-,13-/m0/s1. The van der Waals surface area contributed by atoms with Crippen LogP contribution in [0.2, 0.25) is 0 Å². The van der Waals surface area contributed by atoms with E-state index < -0.39 is 24.1 Å². The Bertz CT molecular complexity index is 510. The molecular weight excluding hydrogens is 314 g/mol. The summed E-state index contributed by atoms with van der Waals surface area (Å²) in [6.07, 6.45) is 1.71. The van der Waals surface area contributed by atoms with Crippen molar-refractivity contribution in [1.29, 1.82) is 0 Å². The number of amides is 2. The largest absolute Gasteiger partial charge is 0.465 e. The zero-order valence-corrected chi connectivity index (χ0v) is 14.4. The van der Waals surface area contributed by atoms with Crippen LogP contribution in [0.4, 0.5) is 4.79 Å². The summed E-state index contributed by atoms with van der Waals surface area (Å²) in [6.45, 7) is 6.48. The van der Waals surface area contributed by atoms with Gasteiger partial charge >= 0.3 is 6.09 Å². The fourth-order valence-electron chi connectivity index (χ4n) is 2.28. The minimum Gasteiger partial charge on any atom is -0.465 e. The molecule has 1 rings (SSSR count). The molecule has 1 heterocycles. The average molecular weight is 341 g/mol. The van der Waals surface area contributed by atoms with E-state index in [4.69, 9.17) is 9.63 Å². The molecule has 136 valence electrons. The highest BCUT2D eigenvalue weighted by Crippen LogP contribution is 2.22. The Labute approximate surface area is 141 Å². The molecule has 0 fully saturated rings. The molecule has 0 aliphatic rings. The van der Waals surface area contributed by atoms with Crippen molar-refractivity contribution in [3.8, 4) is 0 Å². The summed E-state index contributed by atoms with van der Waals surface area (Å²) >= 11 is 0. The number of aliphatic hydroxyl groups excluding tert-OH is 1. The topological polar surface area (TPSA) is 125 Å². The molecule has 0 saturated carbocycles. The Hall–Kier alpha value is -2.09. The van der Waals surface area contributed by atoms with Crippen molar-refractivity contribution in [2.45, 2.75) is 65.1 Å². The summed E-state index contributed by atoms with van der Waals surface area (Å²) in [4.78, 5) is 22.9. The van der Waals surface area contributed by atoms with Gasteiger partial charge in [0.1, 0.15) is 0 Å². The Morgan fingerprint density at radius 2 is 2.04 bits per heavy atom. The van der Waals surface area contributed by atoms with Gasteiger partial charge in [-0.3, -0.25) is 4.79 Å². The third-order valence-corrected chi connectivity index (χ3v) is 3.58. The Morgan fingerprint density at radius 3 is 2.58 bits per heavy atom. The number of carboxylic acid groups (broad SMARTS) is 1. The van der Waals surface area contributed by atoms with Gasteiger partial charge in [0, 0.05) is 6.07 Å².